The minimum atomic E-state index is -0.0346. The van der Waals surface area contributed by atoms with Gasteiger partial charge in [0.1, 0.15) is 18.1 Å². The molecular formula is C24H21IN2O2. The number of rotatable bonds is 6. The number of hydrogen-bond acceptors (Lipinski definition) is 2. The van der Waals surface area contributed by atoms with Crippen LogP contribution in [0.1, 0.15) is 21.6 Å². The largest absolute Gasteiger partial charge is 0.489 e. The molecule has 0 saturated heterocycles. The lowest BCUT2D eigenvalue weighted by atomic mass is 10.2. The van der Waals surface area contributed by atoms with Crippen LogP contribution in [0.3, 0.4) is 0 Å². The van der Waals surface area contributed by atoms with E-state index in [4.69, 9.17) is 4.74 Å². The topological polar surface area (TPSA) is 45.3 Å². The van der Waals surface area contributed by atoms with Crippen molar-refractivity contribution in [2.45, 2.75) is 13.2 Å². The van der Waals surface area contributed by atoms with E-state index in [1.807, 2.05) is 85.9 Å². The first-order valence-electron chi connectivity index (χ1n) is 9.38. The number of nitrogens with zero attached hydrogens (tertiary/aromatic N) is 1. The standard InChI is InChI=1S/C24H21IN2O2/c1-27(15-18-9-5-6-10-21(18)25)24(28)23-14-19-13-20(11-12-22(19)26-23)29-16-17-7-3-2-4-8-17/h2-14,26H,15-16H2,1H3. The number of aromatic amines is 1. The van der Waals surface area contributed by atoms with Gasteiger partial charge in [-0.3, -0.25) is 4.79 Å². The predicted octanol–water partition coefficient (Wildman–Crippen LogP) is 5.62. The predicted molar refractivity (Wildman–Crippen MR) is 124 cm³/mol. The van der Waals surface area contributed by atoms with Gasteiger partial charge in [0.05, 0.1) is 0 Å². The molecular weight excluding hydrogens is 475 g/mol. The number of ether oxygens (including phenoxy) is 1. The first-order chi connectivity index (χ1) is 14.1. The summed E-state index contributed by atoms with van der Waals surface area (Å²) in [6.07, 6.45) is 0. The van der Waals surface area contributed by atoms with E-state index in [1.165, 1.54) is 0 Å². The van der Waals surface area contributed by atoms with Crippen molar-refractivity contribution in [3.05, 3.63) is 99.3 Å². The molecule has 4 nitrogen and oxygen atoms in total. The monoisotopic (exact) mass is 496 g/mol. The Morgan fingerprint density at radius 1 is 1.00 bits per heavy atom. The van der Waals surface area contributed by atoms with Crippen molar-refractivity contribution in [2.75, 3.05) is 7.05 Å². The van der Waals surface area contributed by atoms with Crippen LogP contribution in [0.5, 0.6) is 5.75 Å². The molecule has 146 valence electrons. The highest BCUT2D eigenvalue weighted by molar-refractivity contribution is 14.1. The fraction of sp³-hybridized carbons (Fsp3) is 0.125. The molecule has 29 heavy (non-hydrogen) atoms. The molecule has 3 aromatic carbocycles. The Balaban J connectivity index is 1.48. The Hall–Kier alpha value is -2.80. The lowest BCUT2D eigenvalue weighted by Crippen LogP contribution is -2.26. The Morgan fingerprint density at radius 2 is 1.76 bits per heavy atom. The van der Waals surface area contributed by atoms with Gasteiger partial charge in [-0.05, 0) is 64.0 Å². The van der Waals surface area contributed by atoms with Crippen molar-refractivity contribution < 1.29 is 9.53 Å². The van der Waals surface area contributed by atoms with Crippen molar-refractivity contribution in [3.63, 3.8) is 0 Å². The molecule has 0 saturated carbocycles. The van der Waals surface area contributed by atoms with Gasteiger partial charge in [0, 0.05) is 28.1 Å². The van der Waals surface area contributed by atoms with Crippen LogP contribution in [-0.4, -0.2) is 22.8 Å². The van der Waals surface area contributed by atoms with Crippen LogP contribution >= 0.6 is 22.6 Å². The van der Waals surface area contributed by atoms with Gasteiger partial charge in [0.15, 0.2) is 0 Å². The SMILES string of the molecule is CN(Cc1ccccc1I)C(=O)c1cc2cc(OCc3ccccc3)ccc2[nH]1. The van der Waals surface area contributed by atoms with Crippen LogP contribution in [0.4, 0.5) is 0 Å². The molecule has 0 aliphatic heterocycles. The molecule has 5 heteroatoms. The molecule has 0 spiro atoms. The summed E-state index contributed by atoms with van der Waals surface area (Å²) in [7, 11) is 1.82. The van der Waals surface area contributed by atoms with Crippen molar-refractivity contribution in [1.29, 1.82) is 0 Å². The number of benzene rings is 3. The Morgan fingerprint density at radius 3 is 2.55 bits per heavy atom. The Labute approximate surface area is 183 Å². The molecule has 1 N–H and O–H groups in total. The third-order valence-corrected chi connectivity index (χ3v) is 5.84. The van der Waals surface area contributed by atoms with Crippen molar-refractivity contribution in [2.24, 2.45) is 0 Å². The summed E-state index contributed by atoms with van der Waals surface area (Å²) in [6.45, 7) is 1.08. The van der Waals surface area contributed by atoms with Crippen LogP contribution < -0.4 is 4.74 Å². The Bertz CT molecular complexity index is 1140. The number of H-pyrrole nitrogens is 1. The molecule has 0 atom stereocenters. The summed E-state index contributed by atoms with van der Waals surface area (Å²) < 4.78 is 7.05. The molecule has 1 amide bonds. The number of halogens is 1. The van der Waals surface area contributed by atoms with E-state index in [-0.39, 0.29) is 5.91 Å². The number of fused-ring (bicyclic) bond motifs is 1. The van der Waals surface area contributed by atoms with E-state index in [9.17, 15) is 4.79 Å². The fourth-order valence-electron chi connectivity index (χ4n) is 3.22. The van der Waals surface area contributed by atoms with Gasteiger partial charge in [-0.15, -0.1) is 0 Å². The second-order valence-electron chi connectivity index (χ2n) is 6.96. The first kappa shape index (κ1) is 19.5. The van der Waals surface area contributed by atoms with Gasteiger partial charge in [-0.25, -0.2) is 0 Å². The molecule has 1 aromatic heterocycles. The van der Waals surface area contributed by atoms with Crippen molar-refractivity contribution >= 4 is 39.4 Å². The third kappa shape index (κ3) is 4.62. The molecule has 0 unspecified atom stereocenters. The number of carbonyl (C=O) groups is 1. The maximum atomic E-state index is 12.9. The van der Waals surface area contributed by atoms with Crippen LogP contribution in [0.25, 0.3) is 10.9 Å². The first-order valence-corrected chi connectivity index (χ1v) is 10.5. The highest BCUT2D eigenvalue weighted by Gasteiger charge is 2.16. The van der Waals surface area contributed by atoms with Crippen LogP contribution in [-0.2, 0) is 13.2 Å². The van der Waals surface area contributed by atoms with Gasteiger partial charge in [0.25, 0.3) is 5.91 Å². The van der Waals surface area contributed by atoms with E-state index in [0.717, 1.165) is 31.3 Å². The molecule has 4 aromatic rings. The molecule has 4 rings (SSSR count). The van der Waals surface area contributed by atoms with Crippen LogP contribution in [0.2, 0.25) is 0 Å². The molecule has 0 aliphatic carbocycles. The second-order valence-corrected chi connectivity index (χ2v) is 8.12. The molecule has 0 aliphatic rings. The molecule has 1 heterocycles. The van der Waals surface area contributed by atoms with E-state index in [2.05, 4.69) is 27.6 Å². The number of aromatic nitrogens is 1. The molecule has 0 radical (unpaired) electrons. The van der Waals surface area contributed by atoms with Crippen molar-refractivity contribution in [1.82, 2.24) is 9.88 Å². The quantitative estimate of drug-likeness (QED) is 0.352. The number of amides is 1. The highest BCUT2D eigenvalue weighted by Crippen LogP contribution is 2.23. The van der Waals surface area contributed by atoms with Gasteiger partial charge in [0.2, 0.25) is 0 Å². The second kappa shape index (κ2) is 8.69. The summed E-state index contributed by atoms with van der Waals surface area (Å²) in [5, 5.41) is 0.960. The average Bonchev–Trinajstić information content (AvgIpc) is 3.17. The summed E-state index contributed by atoms with van der Waals surface area (Å²) in [5.74, 6) is 0.749. The van der Waals surface area contributed by atoms with E-state index >= 15 is 0 Å². The Kier molecular flexibility index (Phi) is 5.85. The molecule has 0 bridgehead atoms. The maximum absolute atomic E-state index is 12.9. The lowest BCUT2D eigenvalue weighted by Gasteiger charge is -2.17. The van der Waals surface area contributed by atoms with E-state index in [0.29, 0.717) is 18.8 Å². The zero-order valence-electron chi connectivity index (χ0n) is 16.1. The third-order valence-electron chi connectivity index (χ3n) is 4.78. The van der Waals surface area contributed by atoms with Gasteiger partial charge >= 0.3 is 0 Å². The van der Waals surface area contributed by atoms with E-state index < -0.39 is 0 Å². The zero-order chi connectivity index (χ0) is 20.2. The highest BCUT2D eigenvalue weighted by atomic mass is 127. The van der Waals surface area contributed by atoms with Gasteiger partial charge < -0.3 is 14.6 Å². The summed E-state index contributed by atoms with van der Waals surface area (Å²) in [5.41, 5.74) is 3.75. The molecule has 0 fully saturated rings. The average molecular weight is 496 g/mol. The summed E-state index contributed by atoms with van der Waals surface area (Å²) in [6, 6.07) is 25.9. The number of carbonyl (C=O) groups excluding carboxylic acids is 1. The normalized spacial score (nSPS) is 10.8. The van der Waals surface area contributed by atoms with Gasteiger partial charge in [-0.1, -0.05) is 48.5 Å². The zero-order valence-corrected chi connectivity index (χ0v) is 18.2. The smallest absolute Gasteiger partial charge is 0.270 e. The van der Waals surface area contributed by atoms with Crippen molar-refractivity contribution in [3.8, 4) is 5.75 Å². The van der Waals surface area contributed by atoms with Crippen LogP contribution in [0, 0.1) is 3.57 Å². The summed E-state index contributed by atoms with van der Waals surface area (Å²) in [4.78, 5) is 17.8. The minimum absolute atomic E-state index is 0.0346. The number of nitrogens with one attached hydrogen (secondary N) is 1. The number of hydrogen-bond donors (Lipinski definition) is 1. The fourth-order valence-corrected chi connectivity index (χ4v) is 3.77. The minimum Gasteiger partial charge on any atom is -0.489 e. The van der Waals surface area contributed by atoms with Gasteiger partial charge in [-0.2, -0.15) is 0 Å². The summed E-state index contributed by atoms with van der Waals surface area (Å²) >= 11 is 2.30. The van der Waals surface area contributed by atoms with E-state index in [1.54, 1.807) is 4.90 Å². The maximum Gasteiger partial charge on any atom is 0.270 e. The lowest BCUT2D eigenvalue weighted by molar-refractivity contribution is 0.0780. The van der Waals surface area contributed by atoms with Crippen LogP contribution in [0.15, 0.2) is 78.9 Å².